The highest BCUT2D eigenvalue weighted by Gasteiger charge is 2.29. The van der Waals surface area contributed by atoms with Gasteiger partial charge < -0.3 is 48.6 Å². The number of hydrogen-bond donors (Lipinski definition) is 2. The van der Waals surface area contributed by atoms with E-state index in [1.54, 1.807) is 41.6 Å². The summed E-state index contributed by atoms with van der Waals surface area (Å²) in [5, 5.41) is 10.8. The van der Waals surface area contributed by atoms with E-state index in [2.05, 4.69) is 15.8 Å². The van der Waals surface area contributed by atoms with Crippen LogP contribution in [0.3, 0.4) is 0 Å². The first-order chi connectivity index (χ1) is 27.0. The monoisotopic (exact) mass is 753 g/mol. The van der Waals surface area contributed by atoms with Gasteiger partial charge in [0, 0.05) is 23.2 Å². The van der Waals surface area contributed by atoms with Crippen LogP contribution in [-0.4, -0.2) is 60.4 Å². The van der Waals surface area contributed by atoms with Crippen molar-refractivity contribution in [3.8, 4) is 40.2 Å². The number of oxime groups is 1. The number of hydrogen-bond acceptors (Lipinski definition) is 11. The zero-order chi connectivity index (χ0) is 38.6. The molecule has 1 amide bonds. The molecule has 12 heteroatoms. The van der Waals surface area contributed by atoms with Crippen LogP contribution in [0.15, 0.2) is 78.0 Å². The van der Waals surface area contributed by atoms with Crippen molar-refractivity contribution in [2.45, 2.75) is 63.6 Å². The van der Waals surface area contributed by atoms with Gasteiger partial charge in [-0.25, -0.2) is 0 Å². The molecule has 55 heavy (non-hydrogen) atoms. The molecule has 0 aromatic heterocycles. The van der Waals surface area contributed by atoms with E-state index < -0.39 is 0 Å². The minimum atomic E-state index is -0.351. The van der Waals surface area contributed by atoms with Crippen molar-refractivity contribution in [2.24, 2.45) is 5.16 Å². The highest BCUT2D eigenvalue weighted by atomic mass is 16.6. The topological polar surface area (TPSA) is 127 Å². The highest BCUT2D eigenvalue weighted by Crippen LogP contribution is 2.43. The van der Waals surface area contributed by atoms with Gasteiger partial charge in [-0.15, -0.1) is 0 Å². The van der Waals surface area contributed by atoms with Crippen molar-refractivity contribution in [3.63, 3.8) is 0 Å². The Labute approximate surface area is 323 Å². The molecule has 2 N–H and O–H groups in total. The SMILES string of the molecule is COc1cc(C2NC(=O)c3ccccc3N2)ccc1OCCCCCCCCCOc1cccc(C2=NOC(c3cc(OC)c(OC)c(OC)c3)C2)c1OC. The molecule has 2 aliphatic rings. The maximum absolute atomic E-state index is 12.6. The molecule has 0 spiro atoms. The molecular weight excluding hydrogens is 702 g/mol. The van der Waals surface area contributed by atoms with Gasteiger partial charge in [-0.2, -0.15) is 0 Å². The van der Waals surface area contributed by atoms with Crippen molar-refractivity contribution in [3.05, 3.63) is 95.1 Å². The van der Waals surface area contributed by atoms with Crippen molar-refractivity contribution >= 4 is 17.3 Å². The fourth-order valence-electron chi connectivity index (χ4n) is 6.88. The summed E-state index contributed by atoms with van der Waals surface area (Å²) in [5.41, 5.74) is 4.82. The summed E-state index contributed by atoms with van der Waals surface area (Å²) in [4.78, 5) is 18.4. The van der Waals surface area contributed by atoms with Crippen molar-refractivity contribution in [2.75, 3.05) is 54.1 Å². The summed E-state index contributed by atoms with van der Waals surface area (Å²) in [6, 6.07) is 22.9. The second kappa shape index (κ2) is 19.0. The zero-order valence-electron chi connectivity index (χ0n) is 32.3. The molecule has 2 atom stereocenters. The van der Waals surface area contributed by atoms with E-state index in [4.69, 9.17) is 38.0 Å². The van der Waals surface area contributed by atoms with E-state index >= 15 is 0 Å². The van der Waals surface area contributed by atoms with Gasteiger partial charge in [0.25, 0.3) is 5.91 Å². The second-order valence-electron chi connectivity index (χ2n) is 13.3. The number of methoxy groups -OCH3 is 5. The smallest absolute Gasteiger partial charge is 0.255 e. The Morgan fingerprint density at radius 1 is 0.600 bits per heavy atom. The van der Waals surface area contributed by atoms with Crippen LogP contribution < -0.4 is 43.8 Å². The fourth-order valence-corrected chi connectivity index (χ4v) is 6.88. The maximum atomic E-state index is 12.6. The number of unbranched alkanes of at least 4 members (excludes halogenated alkanes) is 6. The lowest BCUT2D eigenvalue weighted by Crippen LogP contribution is -2.38. The third kappa shape index (κ3) is 9.30. The van der Waals surface area contributed by atoms with E-state index in [9.17, 15) is 4.79 Å². The molecule has 0 radical (unpaired) electrons. The summed E-state index contributed by atoms with van der Waals surface area (Å²) >= 11 is 0. The van der Waals surface area contributed by atoms with E-state index in [1.165, 1.54) is 0 Å². The van der Waals surface area contributed by atoms with Crippen LogP contribution in [0.4, 0.5) is 5.69 Å². The molecule has 4 aromatic rings. The first-order valence-electron chi connectivity index (χ1n) is 18.8. The van der Waals surface area contributed by atoms with Crippen LogP contribution >= 0.6 is 0 Å². The van der Waals surface area contributed by atoms with Crippen LogP contribution in [0.1, 0.15) is 90.7 Å². The number of rotatable bonds is 20. The lowest BCUT2D eigenvalue weighted by molar-refractivity contribution is 0.0853. The van der Waals surface area contributed by atoms with Gasteiger partial charge in [0.05, 0.1) is 60.0 Å². The average molecular weight is 754 g/mol. The summed E-state index contributed by atoms with van der Waals surface area (Å²) in [6.45, 7) is 1.21. The zero-order valence-corrected chi connectivity index (χ0v) is 32.3. The number of nitrogens with zero attached hydrogens (tertiary/aromatic N) is 1. The molecule has 4 aromatic carbocycles. The van der Waals surface area contributed by atoms with Gasteiger partial charge in [-0.3, -0.25) is 4.79 Å². The third-order valence-electron chi connectivity index (χ3n) is 9.79. The van der Waals surface area contributed by atoms with Crippen LogP contribution in [0.25, 0.3) is 0 Å². The number of ether oxygens (including phenoxy) is 7. The molecule has 0 bridgehead atoms. The molecule has 2 unspecified atom stereocenters. The number of fused-ring (bicyclic) bond motifs is 1. The predicted octanol–water partition coefficient (Wildman–Crippen LogP) is 8.64. The Bertz CT molecular complexity index is 1920. The number of carbonyl (C=O) groups excluding carboxylic acids is 1. The summed E-state index contributed by atoms with van der Waals surface area (Å²) in [7, 11) is 8.04. The van der Waals surface area contributed by atoms with Crippen molar-refractivity contribution in [1.29, 1.82) is 0 Å². The van der Waals surface area contributed by atoms with Gasteiger partial charge in [0.15, 0.2) is 40.6 Å². The van der Waals surface area contributed by atoms with E-state index in [1.807, 2.05) is 66.7 Å². The minimum Gasteiger partial charge on any atom is -0.493 e. The van der Waals surface area contributed by atoms with Gasteiger partial charge in [0.1, 0.15) is 6.17 Å². The second-order valence-corrected chi connectivity index (χ2v) is 13.3. The summed E-state index contributed by atoms with van der Waals surface area (Å²) in [5.74, 6) is 4.21. The van der Waals surface area contributed by atoms with Crippen LogP contribution in [0.5, 0.6) is 40.2 Å². The lowest BCUT2D eigenvalue weighted by atomic mass is 9.98. The molecule has 0 aliphatic carbocycles. The maximum Gasteiger partial charge on any atom is 0.255 e. The largest absolute Gasteiger partial charge is 0.493 e. The molecule has 292 valence electrons. The molecule has 12 nitrogen and oxygen atoms in total. The Morgan fingerprint density at radius 2 is 1.22 bits per heavy atom. The molecule has 2 heterocycles. The van der Waals surface area contributed by atoms with Gasteiger partial charge in [-0.1, -0.05) is 61.5 Å². The number of carbonyl (C=O) groups is 1. The molecule has 0 fully saturated rings. The van der Waals surface area contributed by atoms with Crippen molar-refractivity contribution in [1.82, 2.24) is 5.32 Å². The average Bonchev–Trinajstić information content (AvgIpc) is 3.72. The standard InChI is InChI=1S/C43H51N3O9/c1-48-37-24-28(42-44-32-18-12-11-16-31(32)43(47)45-42)20-21-34(37)53-22-13-9-7-6-8-10-14-23-54-35-19-15-17-30(40(35)51-4)33-27-36(55-46-33)29-25-38(49-2)41(52-5)39(26-29)50-3/h11-12,15-21,24-26,36,42,44H,6-10,13-14,22-23,27H2,1-5H3,(H,45,47). The van der Waals surface area contributed by atoms with Gasteiger partial charge >= 0.3 is 0 Å². The molecular formula is C43H51N3O9. The molecule has 6 rings (SSSR count). The normalized spacial score (nSPS) is 15.8. The van der Waals surface area contributed by atoms with E-state index in [0.717, 1.165) is 73.0 Å². The first kappa shape index (κ1) is 38.9. The number of para-hydroxylation sites is 2. The minimum absolute atomic E-state index is 0.106. The third-order valence-corrected chi connectivity index (χ3v) is 9.79. The number of anilines is 1. The Hall–Kier alpha value is -5.78. The number of nitrogens with one attached hydrogen (secondary N) is 2. The summed E-state index contributed by atoms with van der Waals surface area (Å²) < 4.78 is 40.2. The van der Waals surface area contributed by atoms with E-state index in [-0.39, 0.29) is 18.2 Å². The molecule has 0 saturated carbocycles. The summed E-state index contributed by atoms with van der Waals surface area (Å²) in [6.07, 6.45) is 7.41. The van der Waals surface area contributed by atoms with Gasteiger partial charge in [0.2, 0.25) is 5.75 Å². The number of amides is 1. The van der Waals surface area contributed by atoms with Crippen LogP contribution in [0.2, 0.25) is 0 Å². The predicted molar refractivity (Wildman–Crippen MR) is 211 cm³/mol. The fraction of sp³-hybridized carbons (Fsp3) is 0.395. The molecule has 0 saturated heterocycles. The Kier molecular flexibility index (Phi) is 13.5. The lowest BCUT2D eigenvalue weighted by Gasteiger charge is -2.28. The van der Waals surface area contributed by atoms with Crippen molar-refractivity contribution < 1.29 is 42.8 Å². The number of benzene rings is 4. The Morgan fingerprint density at radius 3 is 1.89 bits per heavy atom. The van der Waals surface area contributed by atoms with Gasteiger partial charge in [-0.05, 0) is 66.9 Å². The Balaban J connectivity index is 0.882. The van der Waals surface area contributed by atoms with Crippen LogP contribution in [0, 0.1) is 0 Å². The van der Waals surface area contributed by atoms with E-state index in [0.29, 0.717) is 65.4 Å². The van der Waals surface area contributed by atoms with Crippen LogP contribution in [-0.2, 0) is 4.84 Å². The quantitative estimate of drug-likeness (QED) is 0.0847. The highest BCUT2D eigenvalue weighted by molar-refractivity contribution is 6.04. The first-order valence-corrected chi connectivity index (χ1v) is 18.8. The molecule has 2 aliphatic heterocycles.